The van der Waals surface area contributed by atoms with Crippen molar-refractivity contribution in [3.63, 3.8) is 0 Å². The highest BCUT2D eigenvalue weighted by molar-refractivity contribution is 5.97. The van der Waals surface area contributed by atoms with E-state index in [4.69, 9.17) is 0 Å². The monoisotopic (exact) mass is 360 g/mol. The van der Waals surface area contributed by atoms with Crippen LogP contribution in [0, 0.1) is 5.92 Å². The fourth-order valence-corrected chi connectivity index (χ4v) is 3.91. The summed E-state index contributed by atoms with van der Waals surface area (Å²) >= 11 is 0. The van der Waals surface area contributed by atoms with Gasteiger partial charge in [0, 0.05) is 33.2 Å². The molecule has 1 saturated heterocycles. The third-order valence-electron chi connectivity index (χ3n) is 5.78. The lowest BCUT2D eigenvalue weighted by Crippen LogP contribution is -2.39. The van der Waals surface area contributed by atoms with Crippen LogP contribution in [0.25, 0.3) is 0 Å². The zero-order valence-corrected chi connectivity index (χ0v) is 16.5. The van der Waals surface area contributed by atoms with E-state index in [2.05, 4.69) is 18.8 Å². The van der Waals surface area contributed by atoms with Crippen molar-refractivity contribution >= 4 is 11.8 Å². The van der Waals surface area contributed by atoms with Crippen LogP contribution in [0.4, 0.5) is 0 Å². The molecule has 0 bridgehead atoms. The average Bonchev–Trinajstić information content (AvgIpc) is 3.05. The van der Waals surface area contributed by atoms with Crippen molar-refractivity contribution in [2.45, 2.75) is 65.3 Å². The molecule has 0 atom stereocenters. The lowest BCUT2D eigenvalue weighted by Gasteiger charge is -2.30. The molecule has 1 aromatic rings. The highest BCUT2D eigenvalue weighted by Gasteiger charge is 2.31. The largest absolute Gasteiger partial charge is 0.340 e. The van der Waals surface area contributed by atoms with E-state index in [1.807, 2.05) is 16.5 Å². The van der Waals surface area contributed by atoms with E-state index in [1.165, 1.54) is 0 Å². The van der Waals surface area contributed by atoms with Gasteiger partial charge in [-0.05, 0) is 44.4 Å². The number of fused-ring (bicyclic) bond motifs is 1. The Labute approximate surface area is 156 Å². The normalized spacial score (nSPS) is 17.9. The van der Waals surface area contributed by atoms with Crippen LogP contribution in [0.3, 0.4) is 0 Å². The number of likely N-dealkylation sites (tertiary alicyclic amines) is 1. The molecule has 0 spiro atoms. The number of unbranched alkanes of at least 4 members (excludes halogenated alkanes) is 1. The van der Waals surface area contributed by atoms with Crippen LogP contribution >= 0.6 is 0 Å². The molecule has 2 amide bonds. The van der Waals surface area contributed by atoms with Crippen LogP contribution in [0.15, 0.2) is 0 Å². The summed E-state index contributed by atoms with van der Waals surface area (Å²) in [5.41, 5.74) is 1.45. The minimum absolute atomic E-state index is 0.00434. The second-order valence-electron chi connectivity index (χ2n) is 7.89. The highest BCUT2D eigenvalue weighted by atomic mass is 16.2. The number of hydrogen-bond donors (Lipinski definition) is 0. The van der Waals surface area contributed by atoms with Gasteiger partial charge < -0.3 is 14.4 Å². The Balaban J connectivity index is 1.86. The number of amides is 2. The van der Waals surface area contributed by atoms with E-state index < -0.39 is 0 Å². The molecule has 0 saturated carbocycles. The summed E-state index contributed by atoms with van der Waals surface area (Å²) in [6.45, 7) is 7.47. The molecular formula is C20H32N4O2. The van der Waals surface area contributed by atoms with Crippen molar-refractivity contribution in [1.82, 2.24) is 19.4 Å². The van der Waals surface area contributed by atoms with Crippen molar-refractivity contribution in [1.29, 1.82) is 0 Å². The first kappa shape index (κ1) is 18.9. The van der Waals surface area contributed by atoms with Crippen LogP contribution < -0.4 is 0 Å². The summed E-state index contributed by atoms with van der Waals surface area (Å²) in [4.78, 5) is 34.2. The van der Waals surface area contributed by atoms with Gasteiger partial charge in [-0.2, -0.15) is 0 Å². The van der Waals surface area contributed by atoms with Crippen LogP contribution in [0.2, 0.25) is 0 Å². The number of imidazole rings is 1. The van der Waals surface area contributed by atoms with Crippen LogP contribution in [-0.4, -0.2) is 57.8 Å². The van der Waals surface area contributed by atoms with Crippen molar-refractivity contribution in [2.24, 2.45) is 5.92 Å². The standard InChI is InChI=1S/C20H32N4O2/c1-4-5-11-22(3)19(25)17-16-8-6-7-12-24(16)18(21-17)20(26)23-13-9-15(2)10-14-23/h15H,4-14H2,1-3H3. The minimum Gasteiger partial charge on any atom is -0.340 e. The maximum absolute atomic E-state index is 13.1. The van der Waals surface area contributed by atoms with Gasteiger partial charge in [0.15, 0.2) is 5.82 Å². The molecule has 2 aliphatic heterocycles. The molecule has 0 aromatic carbocycles. The first-order valence-corrected chi connectivity index (χ1v) is 10.2. The van der Waals surface area contributed by atoms with Crippen LogP contribution in [0.5, 0.6) is 0 Å². The van der Waals surface area contributed by atoms with Crippen LogP contribution in [-0.2, 0) is 13.0 Å². The van der Waals surface area contributed by atoms with E-state index in [-0.39, 0.29) is 11.8 Å². The molecular weight excluding hydrogens is 328 g/mol. The average molecular weight is 361 g/mol. The molecule has 3 heterocycles. The van der Waals surface area contributed by atoms with Gasteiger partial charge in [-0.1, -0.05) is 20.3 Å². The number of piperidine rings is 1. The maximum atomic E-state index is 13.1. The Kier molecular flexibility index (Phi) is 5.99. The van der Waals surface area contributed by atoms with Crippen molar-refractivity contribution in [3.8, 4) is 0 Å². The lowest BCUT2D eigenvalue weighted by atomic mass is 9.99. The summed E-state index contributed by atoms with van der Waals surface area (Å²) in [5, 5.41) is 0. The molecule has 6 heteroatoms. The second-order valence-corrected chi connectivity index (χ2v) is 7.89. The third-order valence-corrected chi connectivity index (χ3v) is 5.78. The summed E-state index contributed by atoms with van der Waals surface area (Å²) in [5.74, 6) is 1.10. The zero-order valence-electron chi connectivity index (χ0n) is 16.5. The predicted molar refractivity (Wildman–Crippen MR) is 101 cm³/mol. The Morgan fingerprint density at radius 3 is 2.62 bits per heavy atom. The van der Waals surface area contributed by atoms with Crippen LogP contribution in [0.1, 0.15) is 79.2 Å². The van der Waals surface area contributed by atoms with Crippen molar-refractivity contribution in [2.75, 3.05) is 26.7 Å². The molecule has 0 unspecified atom stereocenters. The summed E-state index contributed by atoms with van der Waals surface area (Å²) in [7, 11) is 1.83. The van der Waals surface area contributed by atoms with Gasteiger partial charge >= 0.3 is 0 Å². The van der Waals surface area contributed by atoms with Gasteiger partial charge in [-0.25, -0.2) is 4.98 Å². The van der Waals surface area contributed by atoms with E-state index in [0.29, 0.717) is 17.4 Å². The first-order chi connectivity index (χ1) is 12.5. The number of rotatable bonds is 5. The summed E-state index contributed by atoms with van der Waals surface area (Å²) < 4.78 is 2.02. The molecule has 0 radical (unpaired) electrons. The Hall–Kier alpha value is -1.85. The van der Waals surface area contributed by atoms with Gasteiger partial charge in [0.25, 0.3) is 11.8 Å². The lowest BCUT2D eigenvalue weighted by molar-refractivity contribution is 0.0678. The maximum Gasteiger partial charge on any atom is 0.289 e. The first-order valence-electron chi connectivity index (χ1n) is 10.2. The number of aromatic nitrogens is 2. The number of hydrogen-bond acceptors (Lipinski definition) is 3. The SMILES string of the molecule is CCCCN(C)C(=O)c1nc(C(=O)N2CCC(C)CC2)n2c1CCCC2. The van der Waals surface area contributed by atoms with Gasteiger partial charge in [-0.3, -0.25) is 9.59 Å². The molecule has 0 N–H and O–H groups in total. The number of carbonyl (C=O) groups excluding carboxylic acids is 2. The fourth-order valence-electron chi connectivity index (χ4n) is 3.91. The Morgan fingerprint density at radius 1 is 1.19 bits per heavy atom. The quantitative estimate of drug-likeness (QED) is 0.811. The van der Waals surface area contributed by atoms with Crippen molar-refractivity contribution < 1.29 is 9.59 Å². The molecule has 1 fully saturated rings. The number of nitrogens with zero attached hydrogens (tertiary/aromatic N) is 4. The van der Waals surface area contributed by atoms with E-state index in [0.717, 1.165) is 76.8 Å². The second kappa shape index (κ2) is 8.23. The summed E-state index contributed by atoms with van der Waals surface area (Å²) in [6, 6.07) is 0. The molecule has 1 aromatic heterocycles. The minimum atomic E-state index is -0.0459. The topological polar surface area (TPSA) is 58.4 Å². The summed E-state index contributed by atoms with van der Waals surface area (Å²) in [6.07, 6.45) is 7.06. The fraction of sp³-hybridized carbons (Fsp3) is 0.750. The number of carbonyl (C=O) groups is 2. The van der Waals surface area contributed by atoms with E-state index >= 15 is 0 Å². The van der Waals surface area contributed by atoms with E-state index in [9.17, 15) is 9.59 Å². The predicted octanol–water partition coefficient (Wildman–Crippen LogP) is 2.96. The molecule has 0 aliphatic carbocycles. The smallest absolute Gasteiger partial charge is 0.289 e. The Bertz CT molecular complexity index is 659. The highest BCUT2D eigenvalue weighted by Crippen LogP contribution is 2.24. The zero-order chi connectivity index (χ0) is 18.7. The van der Waals surface area contributed by atoms with Gasteiger partial charge in [0.05, 0.1) is 5.69 Å². The third kappa shape index (κ3) is 3.79. The van der Waals surface area contributed by atoms with Gasteiger partial charge in [0.2, 0.25) is 0 Å². The van der Waals surface area contributed by atoms with Gasteiger partial charge in [0.1, 0.15) is 5.69 Å². The van der Waals surface area contributed by atoms with E-state index in [1.54, 1.807) is 4.90 Å². The molecule has 144 valence electrons. The van der Waals surface area contributed by atoms with Gasteiger partial charge in [-0.15, -0.1) is 0 Å². The molecule has 6 nitrogen and oxygen atoms in total. The molecule has 2 aliphatic rings. The molecule has 3 rings (SSSR count). The molecule has 26 heavy (non-hydrogen) atoms. The Morgan fingerprint density at radius 2 is 1.92 bits per heavy atom. The van der Waals surface area contributed by atoms with Crippen molar-refractivity contribution in [3.05, 3.63) is 17.2 Å².